The zero-order chi connectivity index (χ0) is 18.8. The highest BCUT2D eigenvalue weighted by atomic mass is 32.1. The maximum absolute atomic E-state index is 12.7. The third-order valence-corrected chi connectivity index (χ3v) is 5.39. The van der Waals surface area contributed by atoms with Crippen LogP contribution in [0.1, 0.15) is 23.5 Å². The molecule has 0 aromatic carbocycles. The van der Waals surface area contributed by atoms with E-state index in [1.807, 2.05) is 52.7 Å². The van der Waals surface area contributed by atoms with Crippen molar-refractivity contribution in [3.05, 3.63) is 59.2 Å². The topological polar surface area (TPSA) is 59.4 Å². The van der Waals surface area contributed by atoms with E-state index >= 15 is 0 Å². The maximum atomic E-state index is 12.7. The smallest absolute Gasteiger partial charge is 0.267 e. The number of hydrogen-bond acceptors (Lipinski definition) is 5. The molecule has 3 aromatic heterocycles. The number of carbonyl (C=O) groups is 1. The van der Waals surface area contributed by atoms with Gasteiger partial charge in [-0.3, -0.25) is 4.79 Å². The number of nitrogens with one attached hydrogen (secondary N) is 1. The van der Waals surface area contributed by atoms with E-state index in [-0.39, 0.29) is 18.1 Å². The second-order valence-electron chi connectivity index (χ2n) is 6.75. The minimum absolute atomic E-state index is 0.128. The Kier molecular flexibility index (Phi) is 4.96. The van der Waals surface area contributed by atoms with Crippen molar-refractivity contribution in [1.29, 1.82) is 0 Å². The molecule has 27 heavy (non-hydrogen) atoms. The van der Waals surface area contributed by atoms with Gasteiger partial charge in [-0.05, 0) is 49.6 Å². The van der Waals surface area contributed by atoms with Crippen molar-refractivity contribution >= 4 is 28.7 Å². The molecule has 1 saturated heterocycles. The molecule has 4 heterocycles. The summed E-state index contributed by atoms with van der Waals surface area (Å²) in [5.74, 6) is 0.774. The number of aromatic nitrogens is 2. The lowest BCUT2D eigenvalue weighted by Crippen LogP contribution is -2.45. The number of pyridine rings is 1. The third kappa shape index (κ3) is 3.89. The molecule has 0 bridgehead atoms. The van der Waals surface area contributed by atoms with Crippen molar-refractivity contribution in [3.63, 3.8) is 0 Å². The van der Waals surface area contributed by atoms with Gasteiger partial charge in [0.25, 0.3) is 5.91 Å². The number of nitrogens with zero attached hydrogens (tertiary/aromatic N) is 3. The van der Waals surface area contributed by atoms with E-state index in [4.69, 9.17) is 4.74 Å². The van der Waals surface area contributed by atoms with Crippen molar-refractivity contribution < 1.29 is 9.53 Å². The maximum Gasteiger partial charge on any atom is 0.267 e. The average molecular weight is 382 g/mol. The molecule has 1 N–H and O–H groups in total. The lowest BCUT2D eigenvalue weighted by atomic mass is 10.2. The van der Waals surface area contributed by atoms with E-state index in [0.717, 1.165) is 24.6 Å². The summed E-state index contributed by atoms with van der Waals surface area (Å²) in [6, 6.07) is 9.67. The minimum Gasteiger partial charge on any atom is -0.372 e. The van der Waals surface area contributed by atoms with E-state index in [1.54, 1.807) is 6.20 Å². The Bertz CT molecular complexity index is 894. The van der Waals surface area contributed by atoms with E-state index in [0.29, 0.717) is 10.6 Å². The highest BCUT2D eigenvalue weighted by Gasteiger charge is 2.23. The summed E-state index contributed by atoms with van der Waals surface area (Å²) in [4.78, 5) is 20.1. The van der Waals surface area contributed by atoms with E-state index in [2.05, 4.69) is 29.0 Å². The Morgan fingerprint density at radius 2 is 1.93 bits per heavy atom. The number of anilines is 2. The molecule has 1 aliphatic heterocycles. The van der Waals surface area contributed by atoms with Crippen LogP contribution >= 0.6 is 11.3 Å². The summed E-state index contributed by atoms with van der Waals surface area (Å²) in [5, 5.41) is 4.87. The average Bonchev–Trinajstić information content (AvgIpc) is 3.33. The van der Waals surface area contributed by atoms with Crippen molar-refractivity contribution in [2.45, 2.75) is 26.1 Å². The normalized spacial score (nSPS) is 19.9. The first kappa shape index (κ1) is 17.8. The fourth-order valence-electron chi connectivity index (χ4n) is 3.37. The van der Waals surface area contributed by atoms with Crippen molar-refractivity contribution in [3.8, 4) is 5.69 Å². The first-order valence-corrected chi connectivity index (χ1v) is 9.87. The van der Waals surface area contributed by atoms with E-state index in [9.17, 15) is 4.79 Å². The Morgan fingerprint density at radius 3 is 2.59 bits per heavy atom. The van der Waals surface area contributed by atoms with Gasteiger partial charge >= 0.3 is 0 Å². The standard InChI is InChI=1S/C20H22N4O2S/c1-14-12-24(13-15(2)26-14)18-6-5-16(11-21-18)22-20(25)19-17(7-10-27-19)23-8-3-4-9-23/h3-11,14-15H,12-13H2,1-2H3,(H,22,25). The molecule has 2 atom stereocenters. The SMILES string of the molecule is CC1CN(c2ccc(NC(=O)c3sccc3-n3cccc3)cn2)CC(C)O1. The third-order valence-electron chi connectivity index (χ3n) is 4.48. The quantitative estimate of drug-likeness (QED) is 0.746. The molecular weight excluding hydrogens is 360 g/mol. The number of morpholine rings is 1. The number of thiophene rings is 1. The van der Waals surface area contributed by atoms with Crippen LogP contribution < -0.4 is 10.2 Å². The fraction of sp³-hybridized carbons (Fsp3) is 0.300. The largest absolute Gasteiger partial charge is 0.372 e. The van der Waals surface area contributed by atoms with Gasteiger partial charge in [-0.2, -0.15) is 0 Å². The Labute approximate surface area is 162 Å². The van der Waals surface area contributed by atoms with Gasteiger partial charge in [0.15, 0.2) is 0 Å². The molecule has 6 nitrogen and oxygen atoms in total. The Morgan fingerprint density at radius 1 is 1.19 bits per heavy atom. The Hall–Kier alpha value is -2.64. The monoisotopic (exact) mass is 382 g/mol. The summed E-state index contributed by atoms with van der Waals surface area (Å²) >= 11 is 1.43. The van der Waals surface area contributed by atoms with Crippen molar-refractivity contribution in [1.82, 2.24) is 9.55 Å². The summed E-state index contributed by atoms with van der Waals surface area (Å²) < 4.78 is 7.71. The van der Waals surface area contributed by atoms with Crippen LogP contribution in [0.3, 0.4) is 0 Å². The molecule has 0 radical (unpaired) electrons. The molecule has 1 fully saturated rings. The summed E-state index contributed by atoms with van der Waals surface area (Å²) in [5.41, 5.74) is 1.56. The number of amides is 1. The summed E-state index contributed by atoms with van der Waals surface area (Å²) in [6.45, 7) is 5.78. The number of carbonyl (C=O) groups excluding carboxylic acids is 1. The van der Waals surface area contributed by atoms with E-state index < -0.39 is 0 Å². The van der Waals surface area contributed by atoms with Gasteiger partial charge in [0, 0.05) is 25.5 Å². The molecule has 1 aliphatic rings. The van der Waals surface area contributed by atoms with Gasteiger partial charge in [-0.25, -0.2) is 4.98 Å². The molecule has 4 rings (SSSR count). The predicted octanol–water partition coefficient (Wildman–Crippen LogP) is 3.80. The number of rotatable bonds is 4. The van der Waals surface area contributed by atoms with Crippen LogP contribution in [0.5, 0.6) is 0 Å². The first-order chi connectivity index (χ1) is 13.1. The molecule has 2 unspecified atom stereocenters. The van der Waals surface area contributed by atoms with Crippen LogP contribution in [0, 0.1) is 0 Å². The minimum atomic E-state index is -0.128. The van der Waals surface area contributed by atoms with Crippen LogP contribution in [0.2, 0.25) is 0 Å². The van der Waals surface area contributed by atoms with Crippen LogP contribution in [0.4, 0.5) is 11.5 Å². The van der Waals surface area contributed by atoms with Crippen molar-refractivity contribution in [2.75, 3.05) is 23.3 Å². The fourth-order valence-corrected chi connectivity index (χ4v) is 4.16. The first-order valence-electron chi connectivity index (χ1n) is 8.99. The van der Waals surface area contributed by atoms with Gasteiger partial charge in [-0.15, -0.1) is 11.3 Å². The summed E-state index contributed by atoms with van der Waals surface area (Å²) in [6.07, 6.45) is 5.93. The molecule has 0 saturated carbocycles. The van der Waals surface area contributed by atoms with Crippen LogP contribution in [-0.2, 0) is 4.74 Å². The van der Waals surface area contributed by atoms with Gasteiger partial charge in [-0.1, -0.05) is 0 Å². The molecule has 0 spiro atoms. The van der Waals surface area contributed by atoms with Gasteiger partial charge < -0.3 is 19.5 Å². The number of ether oxygens (including phenoxy) is 1. The second kappa shape index (κ2) is 7.54. The van der Waals surface area contributed by atoms with Gasteiger partial charge in [0.2, 0.25) is 0 Å². The van der Waals surface area contributed by atoms with Crippen LogP contribution in [0.25, 0.3) is 5.69 Å². The molecule has 1 amide bonds. The lowest BCUT2D eigenvalue weighted by molar-refractivity contribution is -0.00545. The highest BCUT2D eigenvalue weighted by Crippen LogP contribution is 2.24. The van der Waals surface area contributed by atoms with Crippen LogP contribution in [-0.4, -0.2) is 40.8 Å². The lowest BCUT2D eigenvalue weighted by Gasteiger charge is -2.36. The zero-order valence-electron chi connectivity index (χ0n) is 15.3. The number of hydrogen-bond donors (Lipinski definition) is 1. The van der Waals surface area contributed by atoms with Crippen molar-refractivity contribution in [2.24, 2.45) is 0 Å². The summed E-state index contributed by atoms with van der Waals surface area (Å²) in [7, 11) is 0. The molecule has 140 valence electrons. The van der Waals surface area contributed by atoms with Crippen LogP contribution in [0.15, 0.2) is 54.3 Å². The van der Waals surface area contributed by atoms with Gasteiger partial charge in [0.1, 0.15) is 10.7 Å². The molecule has 7 heteroatoms. The predicted molar refractivity (Wildman–Crippen MR) is 108 cm³/mol. The van der Waals surface area contributed by atoms with Gasteiger partial charge in [0.05, 0.1) is 29.8 Å². The Balaban J connectivity index is 1.46. The molecular formula is C20H22N4O2S. The zero-order valence-corrected chi connectivity index (χ0v) is 16.1. The highest BCUT2D eigenvalue weighted by molar-refractivity contribution is 7.12. The van der Waals surface area contributed by atoms with E-state index in [1.165, 1.54) is 11.3 Å². The second-order valence-corrected chi connectivity index (χ2v) is 7.66. The molecule has 3 aromatic rings. The molecule has 0 aliphatic carbocycles.